The highest BCUT2D eigenvalue weighted by molar-refractivity contribution is 5.80. The smallest absolute Gasteiger partial charge is 0.311 e. The van der Waals surface area contributed by atoms with E-state index >= 15 is 0 Å². The molecule has 5 aliphatic carbocycles. The number of carboxylic acids is 1. The molecule has 0 aromatic rings. The average Bonchev–Trinajstić information content (AvgIpc) is 3.02. The van der Waals surface area contributed by atoms with Gasteiger partial charge >= 0.3 is 11.9 Å². The lowest BCUT2D eigenvalue weighted by molar-refractivity contribution is -0.330. The van der Waals surface area contributed by atoms with Crippen LogP contribution in [-0.2, 0) is 23.8 Å². The first-order valence-corrected chi connectivity index (χ1v) is 17.8. The van der Waals surface area contributed by atoms with Gasteiger partial charge in [0, 0.05) is 0 Å². The van der Waals surface area contributed by atoms with Crippen LogP contribution in [0.2, 0.25) is 0 Å². The van der Waals surface area contributed by atoms with Crippen molar-refractivity contribution in [2.24, 2.45) is 50.2 Å². The molecule has 1 heterocycles. The third kappa shape index (κ3) is 4.78. The van der Waals surface area contributed by atoms with Crippen LogP contribution in [0.25, 0.3) is 0 Å². The molecule has 4 saturated carbocycles. The fourth-order valence-corrected chi connectivity index (χ4v) is 12.5. The van der Waals surface area contributed by atoms with Crippen molar-refractivity contribution in [2.75, 3.05) is 13.7 Å². The third-order valence-corrected chi connectivity index (χ3v) is 15.6. The molecule has 0 amide bonds. The maximum Gasteiger partial charge on any atom is 0.311 e. The van der Waals surface area contributed by atoms with Crippen molar-refractivity contribution < 1.29 is 49.3 Å². The Labute approximate surface area is 279 Å². The molecule has 0 bridgehead atoms. The summed E-state index contributed by atoms with van der Waals surface area (Å²) in [5.41, 5.74) is -0.892. The maximum absolute atomic E-state index is 13.1. The second kappa shape index (κ2) is 11.5. The zero-order valence-electron chi connectivity index (χ0n) is 29.3. The van der Waals surface area contributed by atoms with Crippen LogP contribution in [0.4, 0.5) is 0 Å². The lowest BCUT2D eigenvalue weighted by atomic mass is 9.33. The van der Waals surface area contributed by atoms with Gasteiger partial charge < -0.3 is 39.7 Å². The van der Waals surface area contributed by atoms with Gasteiger partial charge in [-0.05, 0) is 111 Å². The topological polar surface area (TPSA) is 163 Å². The van der Waals surface area contributed by atoms with Crippen LogP contribution >= 0.6 is 0 Å². The van der Waals surface area contributed by atoms with Gasteiger partial charge in [-0.25, -0.2) is 0 Å². The van der Waals surface area contributed by atoms with Crippen molar-refractivity contribution in [1.29, 1.82) is 0 Å². The number of hydrogen-bond donors (Lipinski definition) is 5. The van der Waals surface area contributed by atoms with Crippen molar-refractivity contribution in [3.8, 4) is 0 Å². The van der Waals surface area contributed by atoms with Crippen molar-refractivity contribution in [2.45, 2.75) is 143 Å². The Balaban J connectivity index is 1.30. The largest absolute Gasteiger partial charge is 0.481 e. The van der Waals surface area contributed by atoms with Crippen LogP contribution in [0, 0.1) is 50.2 Å². The van der Waals surface area contributed by atoms with E-state index < -0.39 is 54.1 Å². The summed E-state index contributed by atoms with van der Waals surface area (Å²) in [4.78, 5) is 26.1. The highest BCUT2D eigenvalue weighted by atomic mass is 16.7. The summed E-state index contributed by atoms with van der Waals surface area (Å²) in [7, 11) is 1.42. The van der Waals surface area contributed by atoms with Gasteiger partial charge in [0.15, 0.2) is 6.29 Å². The molecule has 10 nitrogen and oxygen atoms in total. The summed E-state index contributed by atoms with van der Waals surface area (Å²) >= 11 is 0. The molecule has 6 rings (SSSR count). The number of aliphatic hydroxyl groups is 4. The van der Waals surface area contributed by atoms with Crippen LogP contribution in [-0.4, -0.2) is 88.0 Å². The van der Waals surface area contributed by atoms with E-state index in [0.29, 0.717) is 37.5 Å². The number of aliphatic hydroxyl groups excluding tert-OH is 4. The van der Waals surface area contributed by atoms with Gasteiger partial charge in [-0.15, -0.1) is 0 Å². The van der Waals surface area contributed by atoms with E-state index in [4.69, 9.17) is 14.2 Å². The predicted octanol–water partition coefficient (Wildman–Crippen LogP) is 4.21. The quantitative estimate of drug-likeness (QED) is 0.164. The van der Waals surface area contributed by atoms with Crippen molar-refractivity contribution in [1.82, 2.24) is 0 Å². The Morgan fingerprint density at radius 2 is 1.57 bits per heavy atom. The first-order valence-electron chi connectivity index (χ1n) is 17.8. The van der Waals surface area contributed by atoms with Gasteiger partial charge in [0.25, 0.3) is 0 Å². The van der Waals surface area contributed by atoms with Crippen LogP contribution in [0.5, 0.6) is 0 Å². The zero-order valence-corrected chi connectivity index (χ0v) is 29.3. The summed E-state index contributed by atoms with van der Waals surface area (Å²) in [6.45, 7) is 13.2. The summed E-state index contributed by atoms with van der Waals surface area (Å²) in [5, 5.41) is 51.8. The Morgan fingerprint density at radius 3 is 2.21 bits per heavy atom. The number of allylic oxidation sites excluding steroid dienone is 2. The second-order valence-corrected chi connectivity index (χ2v) is 17.7. The molecular formula is C37H58O10. The molecule has 47 heavy (non-hydrogen) atoms. The average molecular weight is 663 g/mol. The molecule has 1 aliphatic heterocycles. The molecule has 0 spiro atoms. The molecule has 0 aromatic heterocycles. The fourth-order valence-electron chi connectivity index (χ4n) is 12.5. The molecule has 266 valence electrons. The van der Waals surface area contributed by atoms with E-state index in [2.05, 4.69) is 40.7 Å². The third-order valence-electron chi connectivity index (χ3n) is 15.6. The standard InChI is InChI=1S/C37H58O10/c1-32(2)23-10-13-36(6)24(34(23,4)12-11-25(32)47-29-28(41)27(40)26(39)22(19-38)46-29)9-8-20-21-18-33(3,31(44)45-7)14-16-37(21,30(42)43)17-15-35(20,36)5/h8,21-29,38-41H,9-19H2,1-7H3,(H,42,43)/t21-,22-,23-,24+,25+,26-,27+,28-,29+,33+,34+,35-,36-,37+/m1/s1. The van der Waals surface area contributed by atoms with Crippen LogP contribution in [0.1, 0.15) is 106 Å². The van der Waals surface area contributed by atoms with Crippen LogP contribution < -0.4 is 0 Å². The SMILES string of the molecule is COC(=O)[C@@]1(C)CC[C@]2(C(=O)O)CC[C@]3(C)C(=CC[C@H]4[C@@]5(C)CC[C@H](O[C@@H]6O[C@H](CO)[C@@H](O)[C@H](O)[C@H]6O)C(C)(C)[C@H]5CC[C@]43C)[C@H]2C1. The minimum Gasteiger partial charge on any atom is -0.481 e. The number of fused-ring (bicyclic) bond motifs is 7. The van der Waals surface area contributed by atoms with Gasteiger partial charge in [0.05, 0.1) is 30.7 Å². The Bertz CT molecular complexity index is 1300. The number of carboxylic acid groups (broad SMARTS) is 1. The molecule has 5 N–H and O–H groups in total. The summed E-state index contributed by atoms with van der Waals surface area (Å²) in [6.07, 6.45) is 3.01. The van der Waals surface area contributed by atoms with Crippen molar-refractivity contribution in [3.63, 3.8) is 0 Å². The molecule has 6 aliphatic rings. The van der Waals surface area contributed by atoms with Gasteiger partial charge in [0.1, 0.15) is 24.4 Å². The molecular weight excluding hydrogens is 604 g/mol. The van der Waals surface area contributed by atoms with Gasteiger partial charge in [-0.1, -0.05) is 46.3 Å². The number of carbonyl (C=O) groups excluding carboxylic acids is 1. The minimum atomic E-state index is -1.48. The molecule has 0 unspecified atom stereocenters. The summed E-state index contributed by atoms with van der Waals surface area (Å²) < 4.78 is 17.4. The minimum absolute atomic E-state index is 0.0226. The first kappa shape index (κ1) is 35.3. The number of esters is 1. The highest BCUT2D eigenvalue weighted by Gasteiger charge is 2.70. The van der Waals surface area contributed by atoms with E-state index in [-0.39, 0.29) is 39.7 Å². The number of ether oxygens (including phenoxy) is 3. The molecule has 10 heteroatoms. The van der Waals surface area contributed by atoms with Crippen molar-refractivity contribution in [3.05, 3.63) is 11.6 Å². The first-order chi connectivity index (χ1) is 21.9. The molecule has 1 saturated heterocycles. The Hall–Kier alpha value is -1.56. The van der Waals surface area contributed by atoms with E-state index in [9.17, 15) is 35.1 Å². The van der Waals surface area contributed by atoms with Crippen molar-refractivity contribution >= 4 is 11.9 Å². The summed E-state index contributed by atoms with van der Waals surface area (Å²) in [5.74, 6) is -0.529. The number of hydrogen-bond acceptors (Lipinski definition) is 9. The lowest BCUT2D eigenvalue weighted by Gasteiger charge is -2.71. The summed E-state index contributed by atoms with van der Waals surface area (Å²) in [6, 6.07) is 0. The van der Waals surface area contributed by atoms with Gasteiger partial charge in [-0.3, -0.25) is 9.59 Å². The number of carbonyl (C=O) groups is 2. The van der Waals surface area contributed by atoms with E-state index in [1.54, 1.807) is 0 Å². The lowest BCUT2D eigenvalue weighted by Crippen LogP contribution is -2.66. The predicted molar refractivity (Wildman–Crippen MR) is 172 cm³/mol. The number of rotatable bonds is 5. The highest BCUT2D eigenvalue weighted by Crippen LogP contribution is 2.76. The zero-order chi connectivity index (χ0) is 34.5. The van der Waals surface area contributed by atoms with Gasteiger partial charge in [0.2, 0.25) is 0 Å². The maximum atomic E-state index is 13.1. The molecule has 5 fully saturated rings. The van der Waals surface area contributed by atoms with E-state index in [1.165, 1.54) is 12.7 Å². The molecule has 0 radical (unpaired) electrons. The number of methoxy groups -OCH3 is 1. The van der Waals surface area contributed by atoms with E-state index in [0.717, 1.165) is 38.5 Å². The second-order valence-electron chi connectivity index (χ2n) is 17.7. The normalized spacial score (nSPS) is 52.1. The molecule has 14 atom stereocenters. The van der Waals surface area contributed by atoms with Crippen LogP contribution in [0.15, 0.2) is 11.6 Å². The number of aliphatic carboxylic acids is 1. The molecule has 0 aromatic carbocycles. The van der Waals surface area contributed by atoms with E-state index in [1.807, 2.05) is 6.92 Å². The van der Waals surface area contributed by atoms with Gasteiger partial charge in [-0.2, -0.15) is 0 Å². The van der Waals surface area contributed by atoms with Crippen LogP contribution in [0.3, 0.4) is 0 Å². The fraction of sp³-hybridized carbons (Fsp3) is 0.892. The Kier molecular flexibility index (Phi) is 8.62. The Morgan fingerprint density at radius 1 is 0.894 bits per heavy atom. The monoisotopic (exact) mass is 662 g/mol.